The van der Waals surface area contributed by atoms with Crippen LogP contribution in [0.1, 0.15) is 28.3 Å². The first-order valence-electron chi connectivity index (χ1n) is 8.47. The third-order valence-electron chi connectivity index (χ3n) is 5.56. The lowest BCUT2D eigenvalue weighted by Crippen LogP contribution is -2.50. The van der Waals surface area contributed by atoms with Gasteiger partial charge in [-0.2, -0.15) is 0 Å². The van der Waals surface area contributed by atoms with Gasteiger partial charge < -0.3 is 14.1 Å². The van der Waals surface area contributed by atoms with Gasteiger partial charge in [-0.25, -0.2) is 12.7 Å². The molecule has 140 valence electrons. The van der Waals surface area contributed by atoms with Crippen molar-refractivity contribution in [2.75, 3.05) is 46.2 Å². The lowest BCUT2D eigenvalue weighted by atomic mass is 9.73. The number of likely N-dealkylation sites (tertiary alicyclic amines) is 1. The summed E-state index contributed by atoms with van der Waals surface area (Å²) in [5, 5.41) is 0. The van der Waals surface area contributed by atoms with Crippen LogP contribution in [-0.4, -0.2) is 69.7 Å². The first-order chi connectivity index (χ1) is 11.7. The number of rotatable bonds is 4. The molecule has 2 atom stereocenters. The molecular formula is C17H26N2O5S. The zero-order valence-corrected chi connectivity index (χ0v) is 16.1. The van der Waals surface area contributed by atoms with Gasteiger partial charge in [0, 0.05) is 38.7 Å². The van der Waals surface area contributed by atoms with Gasteiger partial charge in [0.15, 0.2) is 0 Å². The summed E-state index contributed by atoms with van der Waals surface area (Å²) < 4.78 is 36.4. The number of sulfonamides is 1. The van der Waals surface area contributed by atoms with Crippen LogP contribution < -0.4 is 0 Å². The molecule has 0 aromatic carbocycles. The van der Waals surface area contributed by atoms with E-state index in [1.54, 1.807) is 20.1 Å². The standard InChI is InChI=1S/C17H26N2O5S/c1-12-7-15(13(2)24-12)16(20)18-6-5-17(11-23-3)10-19(25(4,21)22)9-14(17)8-18/h7,14H,5-6,8-11H2,1-4H3/t14-,17+/m1/s1. The number of nitrogens with zero attached hydrogens (tertiary/aromatic N) is 2. The Bertz CT molecular complexity index is 772. The molecule has 2 fully saturated rings. The summed E-state index contributed by atoms with van der Waals surface area (Å²) in [5.74, 6) is 1.38. The Morgan fingerprint density at radius 3 is 2.68 bits per heavy atom. The van der Waals surface area contributed by atoms with E-state index >= 15 is 0 Å². The van der Waals surface area contributed by atoms with E-state index in [0.29, 0.717) is 44.1 Å². The predicted octanol–water partition coefficient (Wildman–Crippen LogP) is 1.27. The summed E-state index contributed by atoms with van der Waals surface area (Å²) in [6.45, 7) is 6.17. The number of carbonyl (C=O) groups excluding carboxylic acids is 1. The smallest absolute Gasteiger partial charge is 0.257 e. The van der Waals surface area contributed by atoms with Gasteiger partial charge in [0.1, 0.15) is 11.5 Å². The van der Waals surface area contributed by atoms with Crippen LogP contribution in [-0.2, 0) is 14.8 Å². The molecule has 2 aliphatic rings. The van der Waals surface area contributed by atoms with E-state index in [0.717, 1.165) is 12.2 Å². The Morgan fingerprint density at radius 1 is 1.40 bits per heavy atom. The van der Waals surface area contributed by atoms with E-state index in [9.17, 15) is 13.2 Å². The molecule has 8 heteroatoms. The fourth-order valence-corrected chi connectivity index (χ4v) is 5.15. The highest BCUT2D eigenvalue weighted by atomic mass is 32.2. The van der Waals surface area contributed by atoms with Crippen LogP contribution in [0.3, 0.4) is 0 Å². The number of aryl methyl sites for hydroxylation is 2. The van der Waals surface area contributed by atoms with E-state index < -0.39 is 10.0 Å². The lowest BCUT2D eigenvalue weighted by Gasteiger charge is -2.43. The molecule has 0 aliphatic carbocycles. The molecule has 0 bridgehead atoms. The minimum Gasteiger partial charge on any atom is -0.466 e. The van der Waals surface area contributed by atoms with Crippen molar-refractivity contribution in [1.82, 2.24) is 9.21 Å². The van der Waals surface area contributed by atoms with Crippen molar-refractivity contribution in [1.29, 1.82) is 0 Å². The largest absolute Gasteiger partial charge is 0.466 e. The minimum absolute atomic E-state index is 0.0434. The molecule has 1 amide bonds. The second kappa shape index (κ2) is 6.41. The molecule has 3 rings (SSSR count). The van der Waals surface area contributed by atoms with Crippen molar-refractivity contribution in [2.24, 2.45) is 11.3 Å². The summed E-state index contributed by atoms with van der Waals surface area (Å²) in [6.07, 6.45) is 1.98. The molecule has 0 unspecified atom stereocenters. The van der Waals surface area contributed by atoms with Gasteiger partial charge in [-0.15, -0.1) is 0 Å². The Balaban J connectivity index is 1.81. The molecule has 1 aromatic rings. The lowest BCUT2D eigenvalue weighted by molar-refractivity contribution is 0.00337. The summed E-state index contributed by atoms with van der Waals surface area (Å²) in [7, 11) is -1.61. The number of amides is 1. The van der Waals surface area contributed by atoms with E-state index in [-0.39, 0.29) is 17.2 Å². The molecule has 2 aliphatic heterocycles. The maximum Gasteiger partial charge on any atom is 0.257 e. The Kier molecular flexibility index (Phi) is 4.72. The van der Waals surface area contributed by atoms with Gasteiger partial charge in [-0.3, -0.25) is 4.79 Å². The highest BCUT2D eigenvalue weighted by molar-refractivity contribution is 7.88. The number of ether oxygens (including phenoxy) is 1. The third-order valence-corrected chi connectivity index (χ3v) is 6.78. The van der Waals surface area contributed by atoms with E-state index in [1.807, 2.05) is 11.8 Å². The number of furan rings is 1. The SMILES string of the molecule is COC[C@@]12CCN(C(=O)c3cc(C)oc3C)C[C@@H]1CN(S(C)(=O)=O)C2. The van der Waals surface area contributed by atoms with Crippen molar-refractivity contribution in [3.63, 3.8) is 0 Å². The highest BCUT2D eigenvalue weighted by Gasteiger charge is 2.52. The number of methoxy groups -OCH3 is 1. The molecule has 0 radical (unpaired) electrons. The first-order valence-corrected chi connectivity index (χ1v) is 10.3. The number of hydrogen-bond donors (Lipinski definition) is 0. The van der Waals surface area contributed by atoms with E-state index in [1.165, 1.54) is 10.6 Å². The molecule has 0 N–H and O–H groups in total. The third kappa shape index (κ3) is 3.35. The monoisotopic (exact) mass is 370 g/mol. The normalized spacial score (nSPS) is 27.5. The predicted molar refractivity (Wildman–Crippen MR) is 92.9 cm³/mol. The van der Waals surface area contributed by atoms with Crippen LogP contribution in [0.5, 0.6) is 0 Å². The van der Waals surface area contributed by atoms with Crippen molar-refractivity contribution in [3.8, 4) is 0 Å². The van der Waals surface area contributed by atoms with Crippen molar-refractivity contribution < 1.29 is 22.4 Å². The fourth-order valence-electron chi connectivity index (χ4n) is 4.21. The van der Waals surface area contributed by atoms with Gasteiger partial charge in [-0.05, 0) is 32.3 Å². The molecule has 3 heterocycles. The minimum atomic E-state index is -3.25. The number of carbonyl (C=O) groups is 1. The van der Waals surface area contributed by atoms with Gasteiger partial charge >= 0.3 is 0 Å². The highest BCUT2D eigenvalue weighted by Crippen LogP contribution is 2.44. The maximum absolute atomic E-state index is 12.9. The van der Waals surface area contributed by atoms with Gasteiger partial charge in [0.25, 0.3) is 5.91 Å². The Hall–Kier alpha value is -1.38. The number of fused-ring (bicyclic) bond motifs is 1. The van der Waals surface area contributed by atoms with Crippen molar-refractivity contribution in [3.05, 3.63) is 23.2 Å². The molecule has 25 heavy (non-hydrogen) atoms. The quantitative estimate of drug-likeness (QED) is 0.797. The van der Waals surface area contributed by atoms with Crippen LogP contribution >= 0.6 is 0 Å². The van der Waals surface area contributed by atoms with Crippen molar-refractivity contribution >= 4 is 15.9 Å². The Labute approximate surface area is 149 Å². The summed E-state index contributed by atoms with van der Waals surface area (Å²) in [6, 6.07) is 1.77. The summed E-state index contributed by atoms with van der Waals surface area (Å²) in [4.78, 5) is 14.7. The fraction of sp³-hybridized carbons (Fsp3) is 0.706. The molecule has 0 saturated carbocycles. The summed E-state index contributed by atoms with van der Waals surface area (Å²) in [5.41, 5.74) is 0.380. The number of hydrogen-bond acceptors (Lipinski definition) is 5. The van der Waals surface area contributed by atoms with Crippen molar-refractivity contribution in [2.45, 2.75) is 20.3 Å². The van der Waals surface area contributed by atoms with Gasteiger partial charge in [0.05, 0.1) is 18.4 Å². The molecule has 7 nitrogen and oxygen atoms in total. The van der Waals surface area contributed by atoms with Crippen LogP contribution in [0, 0.1) is 25.2 Å². The second-order valence-corrected chi connectivity index (χ2v) is 9.36. The zero-order valence-electron chi connectivity index (χ0n) is 15.2. The zero-order chi connectivity index (χ0) is 18.4. The van der Waals surface area contributed by atoms with Crippen LogP contribution in [0.15, 0.2) is 10.5 Å². The molecule has 1 aromatic heterocycles. The van der Waals surface area contributed by atoms with Crippen LogP contribution in [0.4, 0.5) is 0 Å². The molecule has 2 saturated heterocycles. The van der Waals surface area contributed by atoms with Crippen LogP contribution in [0.25, 0.3) is 0 Å². The van der Waals surface area contributed by atoms with Gasteiger partial charge in [-0.1, -0.05) is 0 Å². The van der Waals surface area contributed by atoms with E-state index in [4.69, 9.17) is 9.15 Å². The molecular weight excluding hydrogens is 344 g/mol. The average Bonchev–Trinajstić information content (AvgIpc) is 3.06. The summed E-state index contributed by atoms with van der Waals surface area (Å²) >= 11 is 0. The first kappa shape index (κ1) is 18.4. The van der Waals surface area contributed by atoms with E-state index in [2.05, 4.69) is 0 Å². The van der Waals surface area contributed by atoms with Crippen LogP contribution in [0.2, 0.25) is 0 Å². The topological polar surface area (TPSA) is 80.1 Å². The maximum atomic E-state index is 12.9. The van der Waals surface area contributed by atoms with Gasteiger partial charge in [0.2, 0.25) is 10.0 Å². The number of piperidine rings is 1. The average molecular weight is 370 g/mol. The second-order valence-electron chi connectivity index (χ2n) is 7.38. The molecule has 0 spiro atoms. The Morgan fingerprint density at radius 2 is 2.12 bits per heavy atom.